The lowest BCUT2D eigenvalue weighted by Gasteiger charge is -2.11. The lowest BCUT2D eigenvalue weighted by atomic mass is 9.99. The van der Waals surface area contributed by atoms with Crippen LogP contribution in [0.15, 0.2) is 48.6 Å². The van der Waals surface area contributed by atoms with Crippen LogP contribution < -0.4 is 4.74 Å². The van der Waals surface area contributed by atoms with Gasteiger partial charge in [-0.15, -0.1) is 0 Å². The largest absolute Gasteiger partial charge is 0.508 e. The number of carbonyl (C=O) groups excluding carboxylic acids is 2. The van der Waals surface area contributed by atoms with Crippen molar-refractivity contribution in [3.05, 3.63) is 54.2 Å². The molecule has 0 radical (unpaired) electrons. The molecule has 0 fully saturated rings. The van der Waals surface area contributed by atoms with Crippen LogP contribution in [-0.2, 0) is 9.53 Å². The van der Waals surface area contributed by atoms with Gasteiger partial charge in [0.2, 0.25) is 0 Å². The number of carbonyl (C=O) groups is 2. The molecule has 2 rings (SSSR count). The molecule has 0 saturated heterocycles. The second-order valence-corrected chi connectivity index (χ2v) is 5.14. The number of phenols is 2. The Morgan fingerprint density at radius 3 is 2.75 bits per heavy atom. The number of ether oxygens (including phenoxy) is 2. The number of esters is 1. The molecule has 2 N–H and O–H groups in total. The Balaban J connectivity index is 2.21. The zero-order valence-electron chi connectivity index (χ0n) is 13.1. The topological polar surface area (TPSA) is 93.1 Å². The molecule has 24 heavy (non-hydrogen) atoms. The number of phenolic OH excluding ortho intramolecular Hbond substituents is 2. The third-order valence-electron chi connectivity index (χ3n) is 3.39. The highest BCUT2D eigenvalue weighted by atomic mass is 16.6. The van der Waals surface area contributed by atoms with E-state index in [4.69, 9.17) is 4.74 Å². The summed E-state index contributed by atoms with van der Waals surface area (Å²) in [6, 6.07) is 2.20. The second-order valence-electron chi connectivity index (χ2n) is 5.14. The van der Waals surface area contributed by atoms with E-state index in [1.807, 2.05) is 24.3 Å². The average Bonchev–Trinajstić information content (AvgIpc) is 2.58. The van der Waals surface area contributed by atoms with Crippen molar-refractivity contribution in [3.8, 4) is 17.2 Å². The number of methoxy groups -OCH3 is 1. The predicted molar refractivity (Wildman–Crippen MR) is 87.1 cm³/mol. The van der Waals surface area contributed by atoms with Crippen LogP contribution in [0.4, 0.5) is 0 Å². The van der Waals surface area contributed by atoms with Gasteiger partial charge in [-0.1, -0.05) is 30.4 Å². The van der Waals surface area contributed by atoms with Crippen LogP contribution in [0.5, 0.6) is 17.2 Å². The number of benzene rings is 1. The van der Waals surface area contributed by atoms with Gasteiger partial charge in [-0.25, -0.2) is 4.79 Å². The van der Waals surface area contributed by atoms with Crippen LogP contribution in [-0.4, -0.2) is 35.7 Å². The first-order valence-corrected chi connectivity index (χ1v) is 7.32. The van der Waals surface area contributed by atoms with Crippen LogP contribution >= 0.6 is 0 Å². The first-order chi connectivity index (χ1) is 11.5. The van der Waals surface area contributed by atoms with Crippen molar-refractivity contribution >= 4 is 11.8 Å². The normalized spacial score (nSPS) is 16.3. The summed E-state index contributed by atoms with van der Waals surface area (Å²) in [7, 11) is 1.20. The fourth-order valence-electron chi connectivity index (χ4n) is 2.18. The molecular weight excluding hydrogens is 312 g/mol. The minimum atomic E-state index is -0.647. The van der Waals surface area contributed by atoms with Crippen LogP contribution in [0.2, 0.25) is 0 Å². The van der Waals surface area contributed by atoms with Gasteiger partial charge in [0.05, 0.1) is 7.11 Å². The number of hydrogen-bond donors (Lipinski definition) is 2. The number of ketones is 1. The van der Waals surface area contributed by atoms with Gasteiger partial charge < -0.3 is 19.7 Å². The molecule has 1 aliphatic carbocycles. The fraction of sp³-hybridized carbons (Fsp3) is 0.222. The van der Waals surface area contributed by atoms with Gasteiger partial charge in [0.15, 0.2) is 12.4 Å². The molecule has 0 spiro atoms. The van der Waals surface area contributed by atoms with E-state index in [-0.39, 0.29) is 23.0 Å². The molecule has 1 atom stereocenters. The monoisotopic (exact) mass is 330 g/mol. The minimum absolute atomic E-state index is 0.0911. The summed E-state index contributed by atoms with van der Waals surface area (Å²) in [5.41, 5.74) is -0.122. The quantitative estimate of drug-likeness (QED) is 0.473. The van der Waals surface area contributed by atoms with Crippen LogP contribution in [0.3, 0.4) is 0 Å². The van der Waals surface area contributed by atoms with Gasteiger partial charge in [-0.05, 0) is 18.4 Å². The Bertz CT molecular complexity index is 714. The Labute approximate surface area is 139 Å². The summed E-state index contributed by atoms with van der Waals surface area (Å²) in [5, 5.41) is 19.5. The first kappa shape index (κ1) is 17.3. The lowest BCUT2D eigenvalue weighted by molar-refractivity contribution is -0.142. The maximum Gasteiger partial charge on any atom is 0.343 e. The van der Waals surface area contributed by atoms with Crippen molar-refractivity contribution in [2.75, 3.05) is 13.7 Å². The highest BCUT2D eigenvalue weighted by Gasteiger charge is 2.19. The van der Waals surface area contributed by atoms with Gasteiger partial charge in [-0.2, -0.15) is 0 Å². The maximum atomic E-state index is 12.4. The molecule has 1 aromatic rings. The van der Waals surface area contributed by atoms with E-state index in [0.717, 1.165) is 18.6 Å². The summed E-state index contributed by atoms with van der Waals surface area (Å²) in [4.78, 5) is 23.6. The molecular formula is C18H18O6. The third kappa shape index (κ3) is 4.49. The van der Waals surface area contributed by atoms with E-state index in [2.05, 4.69) is 4.74 Å². The van der Waals surface area contributed by atoms with Crippen molar-refractivity contribution < 1.29 is 29.3 Å². The zero-order chi connectivity index (χ0) is 17.5. The van der Waals surface area contributed by atoms with E-state index >= 15 is 0 Å². The Morgan fingerprint density at radius 2 is 2.08 bits per heavy atom. The molecule has 6 nitrogen and oxygen atoms in total. The van der Waals surface area contributed by atoms with E-state index in [1.54, 1.807) is 6.08 Å². The van der Waals surface area contributed by atoms with Gasteiger partial charge >= 0.3 is 5.97 Å². The average molecular weight is 330 g/mol. The van der Waals surface area contributed by atoms with Crippen LogP contribution in [0.1, 0.15) is 16.8 Å². The smallest absolute Gasteiger partial charge is 0.343 e. The van der Waals surface area contributed by atoms with E-state index in [1.165, 1.54) is 13.2 Å². The summed E-state index contributed by atoms with van der Waals surface area (Å²) in [5.74, 6) is -1.85. The molecule has 0 aromatic heterocycles. The summed E-state index contributed by atoms with van der Waals surface area (Å²) in [6.07, 6.45) is 11.6. The molecule has 6 heteroatoms. The molecule has 1 aromatic carbocycles. The SMILES string of the molecule is COC(=O)COc1cc(O)cc(O)c1C(=O)C=CC1C=CC=CC1. The molecule has 126 valence electrons. The van der Waals surface area contributed by atoms with E-state index < -0.39 is 24.1 Å². The highest BCUT2D eigenvalue weighted by molar-refractivity contribution is 6.08. The Hall–Kier alpha value is -3.02. The lowest BCUT2D eigenvalue weighted by Crippen LogP contribution is -2.14. The minimum Gasteiger partial charge on any atom is -0.508 e. The number of aromatic hydroxyl groups is 2. The van der Waals surface area contributed by atoms with Gasteiger partial charge in [0.25, 0.3) is 0 Å². The second kappa shape index (κ2) is 8.01. The number of hydrogen-bond acceptors (Lipinski definition) is 6. The van der Waals surface area contributed by atoms with Gasteiger partial charge in [-0.3, -0.25) is 4.79 Å². The summed E-state index contributed by atoms with van der Waals surface area (Å²) < 4.78 is 9.65. The van der Waals surface area contributed by atoms with E-state index in [0.29, 0.717) is 0 Å². The number of rotatable bonds is 6. The van der Waals surface area contributed by atoms with Crippen molar-refractivity contribution in [1.29, 1.82) is 0 Å². The predicted octanol–water partition coefficient (Wildman–Crippen LogP) is 2.52. The fourth-order valence-corrected chi connectivity index (χ4v) is 2.18. The molecule has 1 unspecified atom stereocenters. The van der Waals surface area contributed by atoms with Crippen molar-refractivity contribution in [3.63, 3.8) is 0 Å². The molecule has 0 amide bonds. The molecule has 0 bridgehead atoms. The highest BCUT2D eigenvalue weighted by Crippen LogP contribution is 2.33. The van der Waals surface area contributed by atoms with Crippen molar-refractivity contribution in [2.45, 2.75) is 6.42 Å². The van der Waals surface area contributed by atoms with Crippen molar-refractivity contribution in [2.24, 2.45) is 5.92 Å². The maximum absolute atomic E-state index is 12.4. The third-order valence-corrected chi connectivity index (χ3v) is 3.39. The van der Waals surface area contributed by atoms with E-state index in [9.17, 15) is 19.8 Å². The standard InChI is InChI=1S/C18H18O6/c1-23-17(22)11-24-16-10-13(19)9-15(21)18(16)14(20)8-7-12-5-3-2-4-6-12/h2-5,7-10,12,19,21H,6,11H2,1H3. The summed E-state index contributed by atoms with van der Waals surface area (Å²) >= 11 is 0. The number of allylic oxidation sites excluding steroid dienone is 6. The van der Waals surface area contributed by atoms with Gasteiger partial charge in [0.1, 0.15) is 22.8 Å². The van der Waals surface area contributed by atoms with Crippen LogP contribution in [0, 0.1) is 5.92 Å². The Kier molecular flexibility index (Phi) is 5.78. The zero-order valence-corrected chi connectivity index (χ0v) is 13.1. The Morgan fingerprint density at radius 1 is 1.29 bits per heavy atom. The van der Waals surface area contributed by atoms with Crippen LogP contribution in [0.25, 0.3) is 0 Å². The molecule has 0 heterocycles. The van der Waals surface area contributed by atoms with Gasteiger partial charge in [0, 0.05) is 12.1 Å². The molecule has 0 saturated carbocycles. The van der Waals surface area contributed by atoms with Crippen molar-refractivity contribution in [1.82, 2.24) is 0 Å². The molecule has 0 aliphatic heterocycles. The summed E-state index contributed by atoms with van der Waals surface area (Å²) in [6.45, 7) is -0.445. The first-order valence-electron chi connectivity index (χ1n) is 7.32. The molecule has 1 aliphatic rings.